The van der Waals surface area contributed by atoms with E-state index < -0.39 is 12.7 Å². The standard InChI is InChI=1S/C19H18ClF3N4OS/c1-11-8-14(12(2)27(11)10-19(21,22)23)16(28)9-29-18-25-24-17(26(18)3)13-6-4-5-7-15(13)20/h4-8H,9-10H2,1-3H3. The number of halogens is 4. The Bertz CT molecular complexity index is 1060. The molecule has 5 nitrogen and oxygen atoms in total. The van der Waals surface area contributed by atoms with Crippen molar-refractivity contribution in [1.29, 1.82) is 0 Å². The van der Waals surface area contributed by atoms with E-state index in [1.165, 1.54) is 24.8 Å². The van der Waals surface area contributed by atoms with Crippen molar-refractivity contribution in [2.45, 2.75) is 31.7 Å². The topological polar surface area (TPSA) is 52.7 Å². The molecule has 29 heavy (non-hydrogen) atoms. The minimum Gasteiger partial charge on any atom is -0.339 e. The number of aromatic nitrogens is 4. The van der Waals surface area contributed by atoms with E-state index in [0.29, 0.717) is 27.4 Å². The summed E-state index contributed by atoms with van der Waals surface area (Å²) in [5, 5.41) is 9.29. The molecule has 0 saturated carbocycles. The molecular formula is C19H18ClF3N4OS. The molecule has 1 aromatic carbocycles. The first-order valence-electron chi connectivity index (χ1n) is 8.62. The third-order valence-electron chi connectivity index (χ3n) is 4.49. The highest BCUT2D eigenvalue weighted by Gasteiger charge is 2.30. The van der Waals surface area contributed by atoms with Crippen molar-refractivity contribution in [2.24, 2.45) is 7.05 Å². The summed E-state index contributed by atoms with van der Waals surface area (Å²) in [5.41, 5.74) is 1.71. The minimum atomic E-state index is -4.35. The summed E-state index contributed by atoms with van der Waals surface area (Å²) in [6.45, 7) is 1.96. The van der Waals surface area contributed by atoms with E-state index in [1.54, 1.807) is 24.6 Å². The molecule has 3 aromatic rings. The summed E-state index contributed by atoms with van der Waals surface area (Å²) >= 11 is 7.38. The van der Waals surface area contributed by atoms with Crippen LogP contribution >= 0.6 is 23.4 Å². The van der Waals surface area contributed by atoms with Gasteiger partial charge >= 0.3 is 6.18 Å². The van der Waals surface area contributed by atoms with E-state index in [1.807, 2.05) is 18.2 Å². The fraction of sp³-hybridized carbons (Fsp3) is 0.316. The Kier molecular flexibility index (Phi) is 6.09. The van der Waals surface area contributed by atoms with Crippen molar-refractivity contribution in [3.05, 3.63) is 52.3 Å². The Morgan fingerprint density at radius 3 is 2.55 bits per heavy atom. The number of Topliss-reactive ketones (excluding diaryl/α,β-unsaturated/α-hetero) is 1. The van der Waals surface area contributed by atoms with Crippen LogP contribution in [0.25, 0.3) is 11.4 Å². The van der Waals surface area contributed by atoms with Gasteiger partial charge < -0.3 is 9.13 Å². The van der Waals surface area contributed by atoms with Crippen molar-refractivity contribution in [3.63, 3.8) is 0 Å². The predicted octanol–water partition coefficient (Wildman–Crippen LogP) is 5.09. The zero-order valence-corrected chi connectivity index (χ0v) is 17.5. The maximum atomic E-state index is 12.8. The number of carbonyl (C=O) groups is 1. The number of hydrogen-bond acceptors (Lipinski definition) is 4. The molecule has 0 N–H and O–H groups in total. The maximum absolute atomic E-state index is 12.8. The lowest BCUT2D eigenvalue weighted by Gasteiger charge is -2.12. The molecule has 2 aromatic heterocycles. The van der Waals surface area contributed by atoms with E-state index in [9.17, 15) is 18.0 Å². The molecule has 154 valence electrons. The Hall–Kier alpha value is -2.26. The van der Waals surface area contributed by atoms with E-state index >= 15 is 0 Å². The van der Waals surface area contributed by atoms with Gasteiger partial charge in [0.05, 0.1) is 10.8 Å². The van der Waals surface area contributed by atoms with Gasteiger partial charge in [-0.15, -0.1) is 10.2 Å². The van der Waals surface area contributed by atoms with Crippen LogP contribution in [0.1, 0.15) is 21.7 Å². The molecule has 0 amide bonds. The van der Waals surface area contributed by atoms with Crippen LogP contribution in [0.5, 0.6) is 0 Å². The molecule has 3 rings (SSSR count). The molecule has 0 aliphatic heterocycles. The first kappa shape index (κ1) is 21.4. The lowest BCUT2D eigenvalue weighted by molar-refractivity contribution is -0.141. The average molecular weight is 443 g/mol. The van der Waals surface area contributed by atoms with Gasteiger partial charge in [0.1, 0.15) is 6.54 Å². The van der Waals surface area contributed by atoms with Gasteiger partial charge in [-0.1, -0.05) is 35.5 Å². The van der Waals surface area contributed by atoms with Crippen molar-refractivity contribution < 1.29 is 18.0 Å². The molecule has 0 unspecified atom stereocenters. The third-order valence-corrected chi connectivity index (χ3v) is 5.84. The molecule has 0 saturated heterocycles. The van der Waals surface area contributed by atoms with Gasteiger partial charge in [0.2, 0.25) is 0 Å². The van der Waals surface area contributed by atoms with Gasteiger partial charge in [0.15, 0.2) is 16.8 Å². The van der Waals surface area contributed by atoms with Crippen LogP contribution in [0, 0.1) is 13.8 Å². The van der Waals surface area contributed by atoms with Gasteiger partial charge in [-0.05, 0) is 32.0 Å². The van der Waals surface area contributed by atoms with Crippen molar-refractivity contribution in [2.75, 3.05) is 5.75 Å². The maximum Gasteiger partial charge on any atom is 0.406 e. The van der Waals surface area contributed by atoms with E-state index in [0.717, 1.165) is 10.1 Å². The van der Waals surface area contributed by atoms with E-state index in [-0.39, 0.29) is 17.1 Å². The van der Waals surface area contributed by atoms with Crippen LogP contribution in [-0.4, -0.2) is 37.0 Å². The van der Waals surface area contributed by atoms with Gasteiger partial charge in [-0.25, -0.2) is 0 Å². The van der Waals surface area contributed by atoms with Crippen LogP contribution in [0.3, 0.4) is 0 Å². The first-order valence-corrected chi connectivity index (χ1v) is 9.98. The van der Waals surface area contributed by atoms with Crippen LogP contribution in [0.4, 0.5) is 13.2 Å². The van der Waals surface area contributed by atoms with Gasteiger partial charge in [0, 0.05) is 29.6 Å². The Morgan fingerprint density at radius 2 is 1.90 bits per heavy atom. The first-order chi connectivity index (χ1) is 13.6. The molecule has 0 spiro atoms. The van der Waals surface area contributed by atoms with Crippen LogP contribution in [-0.2, 0) is 13.6 Å². The predicted molar refractivity (Wildman–Crippen MR) is 106 cm³/mol. The van der Waals surface area contributed by atoms with Crippen LogP contribution < -0.4 is 0 Å². The minimum absolute atomic E-state index is 0.0325. The largest absolute Gasteiger partial charge is 0.406 e. The molecule has 0 aliphatic carbocycles. The van der Waals surface area contributed by atoms with E-state index in [4.69, 9.17) is 11.6 Å². The second kappa shape index (κ2) is 8.23. The number of benzene rings is 1. The quantitative estimate of drug-likeness (QED) is 0.394. The number of rotatable bonds is 6. The van der Waals surface area contributed by atoms with Crippen LogP contribution in [0.15, 0.2) is 35.5 Å². The summed E-state index contributed by atoms with van der Waals surface area (Å²) in [7, 11) is 1.76. The smallest absolute Gasteiger partial charge is 0.339 e. The summed E-state index contributed by atoms with van der Waals surface area (Å²) in [6.07, 6.45) is -4.35. The SMILES string of the molecule is Cc1cc(C(=O)CSc2nnc(-c3ccccc3Cl)n2C)c(C)n1CC(F)(F)F. The van der Waals surface area contributed by atoms with Gasteiger partial charge in [-0.3, -0.25) is 4.79 Å². The number of carbonyl (C=O) groups excluding carboxylic acids is 1. The van der Waals surface area contributed by atoms with Gasteiger partial charge in [-0.2, -0.15) is 13.2 Å². The molecule has 10 heteroatoms. The second-order valence-electron chi connectivity index (χ2n) is 6.54. The number of ketones is 1. The van der Waals surface area contributed by atoms with E-state index in [2.05, 4.69) is 10.2 Å². The van der Waals surface area contributed by atoms with Gasteiger partial charge in [0.25, 0.3) is 0 Å². The summed E-state index contributed by atoms with van der Waals surface area (Å²) in [6, 6.07) is 8.71. The molecule has 0 aliphatic rings. The molecular weight excluding hydrogens is 425 g/mol. The molecule has 0 fully saturated rings. The average Bonchev–Trinajstić information content (AvgIpc) is 3.13. The highest BCUT2D eigenvalue weighted by atomic mass is 35.5. The summed E-state index contributed by atoms with van der Waals surface area (Å²) < 4.78 is 41.1. The summed E-state index contributed by atoms with van der Waals surface area (Å²) in [5.74, 6) is 0.331. The molecule has 0 radical (unpaired) electrons. The number of thioether (sulfide) groups is 1. The second-order valence-corrected chi connectivity index (χ2v) is 7.89. The highest BCUT2D eigenvalue weighted by Crippen LogP contribution is 2.29. The number of aryl methyl sites for hydroxylation is 1. The lowest BCUT2D eigenvalue weighted by atomic mass is 10.2. The number of alkyl halides is 3. The Labute approximate surface area is 174 Å². The van der Waals surface area contributed by atoms with Crippen LogP contribution in [0.2, 0.25) is 5.02 Å². The van der Waals surface area contributed by atoms with Crippen molar-refractivity contribution in [1.82, 2.24) is 19.3 Å². The lowest BCUT2D eigenvalue weighted by Crippen LogP contribution is -2.19. The summed E-state index contributed by atoms with van der Waals surface area (Å²) in [4.78, 5) is 12.6. The Morgan fingerprint density at radius 1 is 1.21 bits per heavy atom. The molecule has 2 heterocycles. The van der Waals surface area contributed by atoms with Crippen molar-refractivity contribution >= 4 is 29.1 Å². The fourth-order valence-corrected chi connectivity index (χ4v) is 4.05. The number of nitrogens with zero attached hydrogens (tertiary/aromatic N) is 4. The monoisotopic (exact) mass is 442 g/mol. The third kappa shape index (κ3) is 4.67. The fourth-order valence-electron chi connectivity index (χ4n) is 3.03. The highest BCUT2D eigenvalue weighted by molar-refractivity contribution is 7.99. The van der Waals surface area contributed by atoms with Crippen molar-refractivity contribution in [3.8, 4) is 11.4 Å². The molecule has 0 bridgehead atoms. The normalized spacial score (nSPS) is 11.8. The zero-order chi connectivity index (χ0) is 21.3. The Balaban J connectivity index is 1.76. The number of hydrogen-bond donors (Lipinski definition) is 0. The molecule has 0 atom stereocenters. The zero-order valence-electron chi connectivity index (χ0n) is 15.9.